The van der Waals surface area contributed by atoms with E-state index in [0.29, 0.717) is 12.1 Å². The third kappa shape index (κ3) is 2.83. The zero-order chi connectivity index (χ0) is 10.7. The van der Waals surface area contributed by atoms with E-state index < -0.39 is 0 Å². The third-order valence-electron chi connectivity index (χ3n) is 2.86. The Morgan fingerprint density at radius 2 is 1.80 bits per heavy atom. The van der Waals surface area contributed by atoms with Gasteiger partial charge in [0.25, 0.3) is 0 Å². The highest BCUT2D eigenvalue weighted by molar-refractivity contribution is 6.30. The van der Waals surface area contributed by atoms with Crippen molar-refractivity contribution in [3.63, 3.8) is 0 Å². The van der Waals surface area contributed by atoms with Gasteiger partial charge in [-0.25, -0.2) is 0 Å². The highest BCUT2D eigenvalue weighted by atomic mass is 35.5. The maximum atomic E-state index is 5.86. The van der Waals surface area contributed by atoms with Crippen LogP contribution in [0.1, 0.15) is 31.4 Å². The van der Waals surface area contributed by atoms with Crippen molar-refractivity contribution in [3.8, 4) is 0 Å². The van der Waals surface area contributed by atoms with Crippen molar-refractivity contribution in [2.45, 2.75) is 31.8 Å². The van der Waals surface area contributed by atoms with Gasteiger partial charge in [0.2, 0.25) is 0 Å². The van der Waals surface area contributed by atoms with Gasteiger partial charge in [-0.3, -0.25) is 0 Å². The molecule has 0 saturated carbocycles. The fraction of sp³-hybridized carbons (Fsp3) is 0.385. The summed E-state index contributed by atoms with van der Waals surface area (Å²) in [4.78, 5) is 0. The molecule has 1 aliphatic carbocycles. The van der Waals surface area contributed by atoms with E-state index in [1.807, 2.05) is 12.1 Å². The summed E-state index contributed by atoms with van der Waals surface area (Å²) >= 11 is 5.86. The molecule has 0 radical (unpaired) electrons. The van der Waals surface area contributed by atoms with Gasteiger partial charge in [-0.15, -0.1) is 0 Å². The summed E-state index contributed by atoms with van der Waals surface area (Å²) in [5, 5.41) is 4.41. The smallest absolute Gasteiger partial charge is 0.0406 e. The second-order valence-electron chi connectivity index (χ2n) is 4.08. The lowest BCUT2D eigenvalue weighted by Crippen LogP contribution is -2.29. The largest absolute Gasteiger partial charge is 0.307 e. The van der Waals surface area contributed by atoms with Crippen molar-refractivity contribution in [1.82, 2.24) is 5.32 Å². The summed E-state index contributed by atoms with van der Waals surface area (Å²) in [6.07, 6.45) is 6.79. The maximum Gasteiger partial charge on any atom is 0.0406 e. The van der Waals surface area contributed by atoms with Crippen molar-refractivity contribution < 1.29 is 0 Å². The van der Waals surface area contributed by atoms with Gasteiger partial charge in [0, 0.05) is 17.1 Å². The summed E-state index contributed by atoms with van der Waals surface area (Å²) in [6.45, 7) is 2.20. The summed E-state index contributed by atoms with van der Waals surface area (Å²) in [5.74, 6) is 0. The topological polar surface area (TPSA) is 12.0 Å². The monoisotopic (exact) mass is 221 g/mol. The molecule has 0 aliphatic heterocycles. The SMILES string of the molecule is CC(NC1CC=CC1)c1ccc(Cl)cc1. The molecule has 0 amide bonds. The van der Waals surface area contributed by atoms with Crippen molar-refractivity contribution in [1.29, 1.82) is 0 Å². The Morgan fingerprint density at radius 1 is 1.20 bits per heavy atom. The van der Waals surface area contributed by atoms with Crippen LogP contribution in [0.15, 0.2) is 36.4 Å². The lowest BCUT2D eigenvalue weighted by Gasteiger charge is -2.19. The molecule has 0 fully saturated rings. The van der Waals surface area contributed by atoms with Crippen molar-refractivity contribution >= 4 is 11.6 Å². The molecule has 0 spiro atoms. The van der Waals surface area contributed by atoms with Crippen LogP contribution >= 0.6 is 11.6 Å². The molecule has 0 saturated heterocycles. The van der Waals surface area contributed by atoms with Crippen LogP contribution in [-0.4, -0.2) is 6.04 Å². The summed E-state index contributed by atoms with van der Waals surface area (Å²) in [5.41, 5.74) is 1.30. The Bertz CT molecular complexity index is 334. The lowest BCUT2D eigenvalue weighted by molar-refractivity contribution is 0.471. The van der Waals surface area contributed by atoms with Crippen molar-refractivity contribution in [2.75, 3.05) is 0 Å². The fourth-order valence-corrected chi connectivity index (χ4v) is 2.08. The molecule has 80 valence electrons. The number of hydrogen-bond donors (Lipinski definition) is 1. The molecule has 1 aromatic carbocycles. The van der Waals surface area contributed by atoms with E-state index in [4.69, 9.17) is 11.6 Å². The molecule has 1 aromatic rings. The van der Waals surface area contributed by atoms with E-state index in [2.05, 4.69) is 36.5 Å². The number of rotatable bonds is 3. The molecule has 15 heavy (non-hydrogen) atoms. The predicted octanol–water partition coefficient (Wildman–Crippen LogP) is 3.71. The fourth-order valence-electron chi connectivity index (χ4n) is 1.95. The molecule has 1 nitrogen and oxygen atoms in total. The van der Waals surface area contributed by atoms with E-state index >= 15 is 0 Å². The number of benzene rings is 1. The molecule has 1 aliphatic rings. The van der Waals surface area contributed by atoms with Crippen LogP contribution < -0.4 is 5.32 Å². The lowest BCUT2D eigenvalue weighted by atomic mass is 10.1. The number of halogens is 1. The number of nitrogens with one attached hydrogen (secondary N) is 1. The Kier molecular flexibility index (Phi) is 3.45. The highest BCUT2D eigenvalue weighted by Gasteiger charge is 2.13. The van der Waals surface area contributed by atoms with Crippen LogP contribution in [0.5, 0.6) is 0 Å². The summed E-state index contributed by atoms with van der Waals surface area (Å²) in [6, 6.07) is 9.07. The van der Waals surface area contributed by atoms with E-state index in [0.717, 1.165) is 17.9 Å². The normalized spacial score (nSPS) is 18.3. The van der Waals surface area contributed by atoms with Crippen LogP contribution in [0.2, 0.25) is 5.02 Å². The molecule has 2 heteroatoms. The summed E-state index contributed by atoms with van der Waals surface area (Å²) in [7, 11) is 0. The Morgan fingerprint density at radius 3 is 2.40 bits per heavy atom. The molecule has 0 aromatic heterocycles. The predicted molar refractivity (Wildman–Crippen MR) is 65.2 cm³/mol. The van der Waals surface area contributed by atoms with Gasteiger partial charge in [0.15, 0.2) is 0 Å². The zero-order valence-corrected chi connectivity index (χ0v) is 9.67. The first-order valence-electron chi connectivity index (χ1n) is 5.42. The van der Waals surface area contributed by atoms with Crippen LogP contribution in [0.4, 0.5) is 0 Å². The van der Waals surface area contributed by atoms with Crippen molar-refractivity contribution in [3.05, 3.63) is 47.0 Å². The van der Waals surface area contributed by atoms with E-state index in [-0.39, 0.29) is 0 Å². The minimum Gasteiger partial charge on any atom is -0.307 e. The molecule has 0 bridgehead atoms. The molecule has 1 unspecified atom stereocenters. The highest BCUT2D eigenvalue weighted by Crippen LogP contribution is 2.19. The minimum atomic E-state index is 0.396. The van der Waals surface area contributed by atoms with Gasteiger partial charge in [-0.1, -0.05) is 35.9 Å². The van der Waals surface area contributed by atoms with Crippen LogP contribution in [0.3, 0.4) is 0 Å². The Hall–Kier alpha value is -0.790. The average Bonchev–Trinajstić information content (AvgIpc) is 2.71. The Labute approximate surface area is 96.1 Å². The second-order valence-corrected chi connectivity index (χ2v) is 4.52. The van der Waals surface area contributed by atoms with Gasteiger partial charge < -0.3 is 5.32 Å². The van der Waals surface area contributed by atoms with Gasteiger partial charge >= 0.3 is 0 Å². The van der Waals surface area contributed by atoms with Crippen LogP contribution in [0.25, 0.3) is 0 Å². The zero-order valence-electron chi connectivity index (χ0n) is 8.91. The third-order valence-corrected chi connectivity index (χ3v) is 3.12. The maximum absolute atomic E-state index is 5.86. The van der Waals surface area contributed by atoms with Crippen molar-refractivity contribution in [2.24, 2.45) is 0 Å². The first kappa shape index (κ1) is 10.7. The molecular weight excluding hydrogens is 206 g/mol. The quantitative estimate of drug-likeness (QED) is 0.768. The second kappa shape index (κ2) is 4.82. The van der Waals surface area contributed by atoms with Crippen LogP contribution in [-0.2, 0) is 0 Å². The standard InChI is InChI=1S/C13H16ClN/c1-10(15-13-4-2-3-5-13)11-6-8-12(14)9-7-11/h2-3,6-10,13,15H,4-5H2,1H3. The average molecular weight is 222 g/mol. The molecule has 1 atom stereocenters. The van der Waals surface area contributed by atoms with Gasteiger partial charge in [0.1, 0.15) is 0 Å². The minimum absolute atomic E-state index is 0.396. The van der Waals surface area contributed by atoms with Gasteiger partial charge in [-0.05, 0) is 37.5 Å². The molecule has 0 heterocycles. The molecular formula is C13H16ClN. The number of hydrogen-bond acceptors (Lipinski definition) is 1. The van der Waals surface area contributed by atoms with Gasteiger partial charge in [0.05, 0.1) is 0 Å². The van der Waals surface area contributed by atoms with E-state index in [1.54, 1.807) is 0 Å². The molecule has 1 N–H and O–H groups in total. The van der Waals surface area contributed by atoms with Crippen LogP contribution in [0, 0.1) is 0 Å². The Balaban J connectivity index is 1.95. The summed E-state index contributed by atoms with van der Waals surface area (Å²) < 4.78 is 0. The van der Waals surface area contributed by atoms with E-state index in [1.165, 1.54) is 5.56 Å². The van der Waals surface area contributed by atoms with E-state index in [9.17, 15) is 0 Å². The first-order chi connectivity index (χ1) is 7.25. The van der Waals surface area contributed by atoms with Gasteiger partial charge in [-0.2, -0.15) is 0 Å². The first-order valence-corrected chi connectivity index (χ1v) is 5.80. The molecule has 2 rings (SSSR count).